The number of carbonyl (C=O) groups excluding carboxylic acids is 1. The lowest BCUT2D eigenvalue weighted by Crippen LogP contribution is -2.34. The third-order valence-electron chi connectivity index (χ3n) is 3.44. The van der Waals surface area contributed by atoms with Gasteiger partial charge in [0.05, 0.1) is 9.82 Å². The maximum atomic E-state index is 12.1. The Kier molecular flexibility index (Phi) is 6.96. The van der Waals surface area contributed by atoms with Gasteiger partial charge in [0.2, 0.25) is 21.8 Å². The van der Waals surface area contributed by atoms with Gasteiger partial charge >= 0.3 is 0 Å². The number of amides is 1. The van der Waals surface area contributed by atoms with E-state index in [0.29, 0.717) is 24.6 Å². The van der Waals surface area contributed by atoms with Crippen molar-refractivity contribution in [2.45, 2.75) is 31.1 Å². The van der Waals surface area contributed by atoms with E-state index in [-0.39, 0.29) is 36.0 Å². The Morgan fingerprint density at radius 2 is 2.11 bits per heavy atom. The molecule has 12 heteroatoms. The molecule has 1 heterocycles. The average molecular weight is 397 g/mol. The zero-order valence-electron chi connectivity index (χ0n) is 14.5. The lowest BCUT2D eigenvalue weighted by atomic mass is 10.2. The van der Waals surface area contributed by atoms with E-state index >= 15 is 0 Å². The summed E-state index contributed by atoms with van der Waals surface area (Å²) in [6.07, 6.45) is 1.24. The second-order valence-corrected chi connectivity index (χ2v) is 7.36. The van der Waals surface area contributed by atoms with Gasteiger partial charge < -0.3 is 9.84 Å². The summed E-state index contributed by atoms with van der Waals surface area (Å²) in [6.45, 7) is 1.75. The van der Waals surface area contributed by atoms with Gasteiger partial charge in [0, 0.05) is 38.1 Å². The number of hydrogen-bond donors (Lipinski definition) is 2. The van der Waals surface area contributed by atoms with E-state index in [9.17, 15) is 23.3 Å². The fraction of sp³-hybridized carbons (Fsp3) is 0.400. The first-order valence-electron chi connectivity index (χ1n) is 8.08. The molecule has 1 aromatic carbocycles. The zero-order chi connectivity index (χ0) is 19.9. The molecule has 2 N–H and O–H groups in total. The summed E-state index contributed by atoms with van der Waals surface area (Å²) in [6, 6.07) is 4.72. The van der Waals surface area contributed by atoms with Crippen LogP contribution in [0.1, 0.15) is 24.6 Å². The molecule has 0 aliphatic carbocycles. The normalized spacial score (nSPS) is 11.3. The molecule has 0 spiro atoms. The molecule has 0 saturated heterocycles. The molecule has 0 unspecified atom stereocenters. The predicted molar refractivity (Wildman–Crippen MR) is 93.3 cm³/mol. The van der Waals surface area contributed by atoms with Crippen molar-refractivity contribution in [1.82, 2.24) is 20.2 Å². The molecular weight excluding hydrogens is 378 g/mol. The summed E-state index contributed by atoms with van der Waals surface area (Å²) < 4.78 is 31.4. The number of carbonyl (C=O) groups is 1. The number of nitrogens with one attached hydrogen (secondary N) is 2. The SMILES string of the molecule is Cc1noc(CCCC(=O)NCCNS(=O)(=O)c2cccc([N+](=O)[O-])c2)n1. The summed E-state index contributed by atoms with van der Waals surface area (Å²) in [7, 11) is -3.90. The Morgan fingerprint density at radius 3 is 2.78 bits per heavy atom. The van der Waals surface area contributed by atoms with Gasteiger partial charge in [-0.15, -0.1) is 0 Å². The minimum atomic E-state index is -3.90. The number of nitro benzene ring substituents is 1. The van der Waals surface area contributed by atoms with Crippen LogP contribution in [0, 0.1) is 17.0 Å². The van der Waals surface area contributed by atoms with Crippen LogP contribution in [0.25, 0.3) is 0 Å². The van der Waals surface area contributed by atoms with Crippen molar-refractivity contribution >= 4 is 21.6 Å². The first-order valence-corrected chi connectivity index (χ1v) is 9.56. The molecule has 0 aliphatic heterocycles. The van der Waals surface area contributed by atoms with Gasteiger partial charge in [-0.3, -0.25) is 14.9 Å². The predicted octanol–water partition coefficient (Wildman–Crippen LogP) is 0.704. The quantitative estimate of drug-likeness (QED) is 0.337. The third kappa shape index (κ3) is 6.42. The second-order valence-electron chi connectivity index (χ2n) is 5.59. The number of nitrogens with zero attached hydrogens (tertiary/aromatic N) is 3. The van der Waals surface area contributed by atoms with Gasteiger partial charge in [0.25, 0.3) is 5.69 Å². The van der Waals surface area contributed by atoms with Crippen molar-refractivity contribution < 1.29 is 22.7 Å². The highest BCUT2D eigenvalue weighted by Gasteiger charge is 2.17. The molecule has 0 fully saturated rings. The Hall–Kier alpha value is -2.86. The maximum Gasteiger partial charge on any atom is 0.270 e. The van der Waals surface area contributed by atoms with Crippen LogP contribution in [-0.4, -0.2) is 42.5 Å². The minimum absolute atomic E-state index is 0.0420. The van der Waals surface area contributed by atoms with Crippen LogP contribution in [0.15, 0.2) is 33.7 Å². The summed E-state index contributed by atoms with van der Waals surface area (Å²) in [5, 5.41) is 17.0. The van der Waals surface area contributed by atoms with Gasteiger partial charge in [-0.1, -0.05) is 11.2 Å². The number of sulfonamides is 1. The largest absolute Gasteiger partial charge is 0.355 e. The molecule has 146 valence electrons. The van der Waals surface area contributed by atoms with E-state index in [4.69, 9.17) is 4.52 Å². The van der Waals surface area contributed by atoms with Crippen LogP contribution >= 0.6 is 0 Å². The topological polar surface area (TPSA) is 157 Å². The van der Waals surface area contributed by atoms with Crippen LogP contribution in [0.5, 0.6) is 0 Å². The standard InChI is InChI=1S/C15H19N5O6S/c1-11-18-15(26-19-11)7-3-6-14(21)16-8-9-17-27(24,25)13-5-2-4-12(10-13)20(22)23/h2,4-5,10,17H,3,6-9H2,1H3,(H,16,21). The molecular formula is C15H19N5O6S. The highest BCUT2D eigenvalue weighted by molar-refractivity contribution is 7.89. The molecule has 0 radical (unpaired) electrons. The van der Waals surface area contributed by atoms with Gasteiger partial charge in [0.15, 0.2) is 5.82 Å². The van der Waals surface area contributed by atoms with Crippen LogP contribution in [0.2, 0.25) is 0 Å². The smallest absolute Gasteiger partial charge is 0.270 e. The van der Waals surface area contributed by atoms with E-state index in [1.54, 1.807) is 6.92 Å². The van der Waals surface area contributed by atoms with Crippen LogP contribution < -0.4 is 10.0 Å². The number of nitro groups is 1. The molecule has 11 nitrogen and oxygen atoms in total. The molecule has 27 heavy (non-hydrogen) atoms. The molecule has 2 rings (SSSR count). The Balaban J connectivity index is 1.71. The Morgan fingerprint density at radius 1 is 1.33 bits per heavy atom. The second kappa shape index (κ2) is 9.19. The fourth-order valence-corrected chi connectivity index (χ4v) is 3.24. The zero-order valence-corrected chi connectivity index (χ0v) is 15.4. The van der Waals surface area contributed by atoms with Crippen LogP contribution in [0.4, 0.5) is 5.69 Å². The number of aryl methyl sites for hydroxylation is 2. The highest BCUT2D eigenvalue weighted by Crippen LogP contribution is 2.16. The van der Waals surface area contributed by atoms with Crippen molar-refractivity contribution in [2.75, 3.05) is 13.1 Å². The van der Waals surface area contributed by atoms with E-state index in [1.807, 2.05) is 0 Å². The van der Waals surface area contributed by atoms with E-state index in [2.05, 4.69) is 20.2 Å². The van der Waals surface area contributed by atoms with Crippen molar-refractivity contribution in [3.8, 4) is 0 Å². The highest BCUT2D eigenvalue weighted by atomic mass is 32.2. The average Bonchev–Trinajstić information content (AvgIpc) is 3.04. The first kappa shape index (κ1) is 20.5. The van der Waals surface area contributed by atoms with Crippen molar-refractivity contribution in [3.63, 3.8) is 0 Å². The maximum absolute atomic E-state index is 12.1. The van der Waals surface area contributed by atoms with Crippen LogP contribution in [-0.2, 0) is 21.2 Å². The summed E-state index contributed by atoms with van der Waals surface area (Å²) in [5.74, 6) is 0.760. The monoisotopic (exact) mass is 397 g/mol. The Labute approximate surface area is 155 Å². The molecule has 2 aromatic rings. The van der Waals surface area contributed by atoms with Gasteiger partial charge in [-0.2, -0.15) is 4.98 Å². The Bertz CT molecular complexity index is 911. The fourth-order valence-electron chi connectivity index (χ4n) is 2.17. The minimum Gasteiger partial charge on any atom is -0.355 e. The molecule has 0 saturated carbocycles. The van der Waals surface area contributed by atoms with Crippen molar-refractivity contribution in [2.24, 2.45) is 0 Å². The summed E-state index contributed by atoms with van der Waals surface area (Å²) in [5.41, 5.74) is -0.317. The molecule has 0 aliphatic rings. The number of aromatic nitrogens is 2. The summed E-state index contributed by atoms with van der Waals surface area (Å²) >= 11 is 0. The number of hydrogen-bond acceptors (Lipinski definition) is 8. The number of non-ortho nitro benzene ring substituents is 1. The number of rotatable bonds is 10. The van der Waals surface area contributed by atoms with E-state index in [1.165, 1.54) is 18.2 Å². The molecule has 0 bridgehead atoms. The van der Waals surface area contributed by atoms with Gasteiger partial charge in [-0.25, -0.2) is 13.1 Å². The summed E-state index contributed by atoms with van der Waals surface area (Å²) in [4.78, 5) is 25.6. The molecule has 1 amide bonds. The lowest BCUT2D eigenvalue weighted by molar-refractivity contribution is -0.385. The number of benzene rings is 1. The third-order valence-corrected chi connectivity index (χ3v) is 4.90. The molecule has 0 atom stereocenters. The van der Waals surface area contributed by atoms with E-state index < -0.39 is 14.9 Å². The van der Waals surface area contributed by atoms with Crippen molar-refractivity contribution in [1.29, 1.82) is 0 Å². The lowest BCUT2D eigenvalue weighted by Gasteiger charge is -2.08. The van der Waals surface area contributed by atoms with Gasteiger partial charge in [-0.05, 0) is 19.4 Å². The van der Waals surface area contributed by atoms with E-state index in [0.717, 1.165) is 6.07 Å². The van der Waals surface area contributed by atoms with Crippen LogP contribution in [0.3, 0.4) is 0 Å². The van der Waals surface area contributed by atoms with Gasteiger partial charge in [0.1, 0.15) is 0 Å². The molecule has 1 aromatic heterocycles. The van der Waals surface area contributed by atoms with Crippen molar-refractivity contribution in [3.05, 3.63) is 46.1 Å². The first-order chi connectivity index (χ1) is 12.8.